The smallest absolute Gasteiger partial charge is 0.00588 e. The van der Waals surface area contributed by atoms with Gasteiger partial charge in [0, 0.05) is 0 Å². The summed E-state index contributed by atoms with van der Waals surface area (Å²) in [4.78, 5) is 0. The molecule has 0 aromatic carbocycles. The molecule has 0 N–H and O–H groups in total. The fraction of sp³-hybridized carbons (Fsp3) is 0. The van der Waals surface area contributed by atoms with Gasteiger partial charge in [0.05, 0.1) is 0 Å². The van der Waals surface area contributed by atoms with Crippen LogP contribution in [0.4, 0.5) is 0 Å². The van der Waals surface area contributed by atoms with Crippen LogP contribution < -0.4 is 0 Å². The van der Waals surface area contributed by atoms with Crippen molar-refractivity contribution in [3.8, 4) is 0 Å². The first-order valence-corrected chi connectivity index (χ1v) is 31.3. The lowest BCUT2D eigenvalue weighted by molar-refractivity contribution is 3.55. The van der Waals surface area contributed by atoms with E-state index in [0.29, 0.717) is 7.35 Å². The van der Waals surface area contributed by atoms with Crippen LogP contribution >= 0.6 is 0 Å². The standard InChI is InChI=1S/H18Si8/c1-6-7(2)8(3,4)5/h7H,6H2,1-5H3. The monoisotopic (exact) mass is 242 g/mol. The average molecular weight is 243 g/mol. The average Bonchev–Trinajstić information content (AvgIpc) is 1.62. The second-order valence-corrected chi connectivity index (χ2v) is 99.2. The summed E-state index contributed by atoms with van der Waals surface area (Å²) in [5, 5.41) is 0. The Morgan fingerprint density at radius 2 is 1.62 bits per heavy atom. The van der Waals surface area contributed by atoms with Crippen molar-refractivity contribution >= 4 is 70.8 Å². The summed E-state index contributed by atoms with van der Waals surface area (Å²) < 4.78 is 0. The van der Waals surface area contributed by atoms with Crippen molar-refractivity contribution in [3.05, 3.63) is 0 Å². The molecular formula is H18Si8. The summed E-state index contributed by atoms with van der Waals surface area (Å²) in [7, 11) is 9.69. The summed E-state index contributed by atoms with van der Waals surface area (Å²) >= 11 is 0. The molecule has 0 spiro atoms. The minimum atomic E-state index is -0.0469. The molecule has 0 heterocycles. The lowest BCUT2D eigenvalue weighted by Crippen LogP contribution is -2.59. The van der Waals surface area contributed by atoms with Crippen LogP contribution in [0.5, 0.6) is 0 Å². The van der Waals surface area contributed by atoms with E-state index in [9.17, 15) is 0 Å². The van der Waals surface area contributed by atoms with E-state index < -0.39 is 0 Å². The first-order chi connectivity index (χ1) is 3.48. The van der Waals surface area contributed by atoms with Gasteiger partial charge < -0.3 is 0 Å². The van der Waals surface area contributed by atoms with Crippen LogP contribution in [0.25, 0.3) is 0 Å². The van der Waals surface area contributed by atoms with Crippen LogP contribution in [-0.2, 0) is 0 Å². The van der Waals surface area contributed by atoms with Gasteiger partial charge in [-0.3, -0.25) is 0 Å². The van der Waals surface area contributed by atoms with E-state index >= 15 is 0 Å². The van der Waals surface area contributed by atoms with E-state index in [1.165, 1.54) is 0 Å². The minimum Gasteiger partial charge on any atom is -0.0119 e. The van der Waals surface area contributed by atoms with E-state index in [1.807, 2.05) is 0 Å². The first-order valence-electron chi connectivity index (χ1n) is 3.48. The van der Waals surface area contributed by atoms with Crippen molar-refractivity contribution in [1.29, 1.82) is 0 Å². The molecule has 0 amide bonds. The molecule has 0 bridgehead atoms. The maximum Gasteiger partial charge on any atom is -0.00588 e. The Labute approximate surface area is 70.7 Å². The van der Waals surface area contributed by atoms with Crippen LogP contribution in [0.15, 0.2) is 0 Å². The molecule has 0 aromatic heterocycles. The molecule has 0 aliphatic carbocycles. The maximum absolute atomic E-state index is 1.75. The Kier molecular flexibility index (Phi) is 4.62. The van der Waals surface area contributed by atoms with Gasteiger partial charge in [0.25, 0.3) is 0 Å². The highest BCUT2D eigenvalue weighted by Gasteiger charge is 2.20. The molecule has 0 saturated heterocycles. The van der Waals surface area contributed by atoms with Crippen LogP contribution in [0, 0.1) is 0 Å². The molecule has 50 valence electrons. The summed E-state index contributed by atoms with van der Waals surface area (Å²) in [6, 6.07) is 0. The normalized spacial score (nSPS) is 25.5. The molecule has 1 unspecified atom stereocenters. The van der Waals surface area contributed by atoms with Crippen LogP contribution in [0.3, 0.4) is 0 Å². The molecule has 0 rings (SSSR count). The molecule has 0 aromatic rings. The predicted octanol–water partition coefficient (Wildman–Crippen LogP) is -7.86. The predicted molar refractivity (Wildman–Crippen MR) is 71.1 cm³/mol. The fourth-order valence-corrected chi connectivity index (χ4v) is 149. The van der Waals surface area contributed by atoms with E-state index in [2.05, 4.69) is 0 Å². The van der Waals surface area contributed by atoms with Crippen LogP contribution in [0.2, 0.25) is 0 Å². The number of rotatable bonds is 2. The van der Waals surface area contributed by atoms with Gasteiger partial charge in [0.1, 0.15) is 0 Å². The van der Waals surface area contributed by atoms with Gasteiger partial charge in [-0.1, -0.05) is 0 Å². The molecule has 0 nitrogen and oxygen atoms in total. The third-order valence-electron chi connectivity index (χ3n) is 2.09. The van der Waals surface area contributed by atoms with E-state index in [-0.39, 0.29) is 6.14 Å². The fourth-order valence-electron chi connectivity index (χ4n) is 0.612. The van der Waals surface area contributed by atoms with E-state index in [1.54, 1.807) is 48.8 Å². The number of hydrogen-bond donors (Lipinski definition) is 0. The van der Waals surface area contributed by atoms with Crippen molar-refractivity contribution < 1.29 is 0 Å². The number of hydrogen-bond acceptors (Lipinski definition) is 0. The third-order valence-corrected chi connectivity index (χ3v) is 169. The van der Waals surface area contributed by atoms with E-state index in [4.69, 9.17) is 0 Å². The SMILES string of the molecule is [SiH3][SiH2][SiH]([SiH3])[Si]([SiH3])([SiH3])[SiH3]. The zero-order chi connectivity index (χ0) is 6.78. The van der Waals surface area contributed by atoms with Gasteiger partial charge >= 0.3 is 0 Å². The Hall–Kier alpha value is 1.74. The Morgan fingerprint density at radius 1 is 1.25 bits per heavy atom. The van der Waals surface area contributed by atoms with Gasteiger partial charge in [0.15, 0.2) is 0 Å². The lowest BCUT2D eigenvalue weighted by atomic mass is 25.9. The Balaban J connectivity index is 3.62. The van der Waals surface area contributed by atoms with Gasteiger partial charge in [-0.15, -0.1) is 0 Å². The molecule has 0 fully saturated rings. The van der Waals surface area contributed by atoms with Crippen molar-refractivity contribution in [2.75, 3.05) is 0 Å². The van der Waals surface area contributed by atoms with Gasteiger partial charge in [-0.05, 0) is 70.8 Å². The van der Waals surface area contributed by atoms with Gasteiger partial charge in [-0.2, -0.15) is 0 Å². The maximum atomic E-state index is 1.75. The first kappa shape index (κ1) is 9.74. The molecule has 0 aliphatic heterocycles. The van der Waals surface area contributed by atoms with Crippen molar-refractivity contribution in [1.82, 2.24) is 0 Å². The van der Waals surface area contributed by atoms with Crippen molar-refractivity contribution in [2.45, 2.75) is 0 Å². The third kappa shape index (κ3) is 3.70. The van der Waals surface area contributed by atoms with Crippen LogP contribution in [-0.4, -0.2) is 70.8 Å². The molecule has 0 radical (unpaired) electrons. The summed E-state index contributed by atoms with van der Waals surface area (Å²) in [6.45, 7) is 0. The van der Waals surface area contributed by atoms with E-state index in [0.717, 1.165) is 8.55 Å². The molecule has 1 atom stereocenters. The Bertz CT molecular complexity index is 56.9. The largest absolute Gasteiger partial charge is 0.0119 e. The highest BCUT2D eigenvalue weighted by molar-refractivity contribution is 7.96. The quantitative estimate of drug-likeness (QED) is 0.422. The van der Waals surface area contributed by atoms with Crippen LogP contribution in [0.1, 0.15) is 0 Å². The summed E-state index contributed by atoms with van der Waals surface area (Å²) in [5.74, 6) is 0. The zero-order valence-electron chi connectivity index (χ0n) is 6.78. The topological polar surface area (TPSA) is 0 Å². The Morgan fingerprint density at radius 3 is 1.62 bits per heavy atom. The second-order valence-electron chi connectivity index (χ2n) is 3.68. The molecular weight excluding hydrogens is 225 g/mol. The zero-order valence-corrected chi connectivity index (χ0v) is 20.4. The lowest BCUT2D eigenvalue weighted by Gasteiger charge is -2.21. The summed E-state index contributed by atoms with van der Waals surface area (Å²) in [6.07, 6.45) is -0.0469. The van der Waals surface area contributed by atoms with Gasteiger partial charge in [-0.25, -0.2) is 0 Å². The highest BCUT2D eigenvalue weighted by Crippen LogP contribution is 1.83. The molecule has 0 saturated carbocycles. The molecule has 8 heteroatoms. The second kappa shape index (κ2) is 3.80. The molecule has 0 aliphatic rings. The summed E-state index contributed by atoms with van der Waals surface area (Å²) in [5.41, 5.74) is 0. The van der Waals surface area contributed by atoms with Gasteiger partial charge in [0.2, 0.25) is 0 Å². The highest BCUT2D eigenvalue weighted by atomic mass is 30.3. The van der Waals surface area contributed by atoms with Crippen molar-refractivity contribution in [2.24, 2.45) is 0 Å². The minimum absolute atomic E-state index is 0.0469. The van der Waals surface area contributed by atoms with Crippen molar-refractivity contribution in [3.63, 3.8) is 0 Å². The molecule has 8 heavy (non-hydrogen) atoms.